The predicted molar refractivity (Wildman–Crippen MR) is 78.7 cm³/mol. The molecule has 1 saturated heterocycles. The first kappa shape index (κ1) is 15.5. The molecule has 20 heavy (non-hydrogen) atoms. The molecular weight excluding hydrogens is 254 g/mol. The largest absolute Gasteiger partial charge is 0.383 e. The molecule has 1 N–H and O–H groups in total. The van der Waals surface area contributed by atoms with Gasteiger partial charge in [0.1, 0.15) is 0 Å². The molecule has 0 aromatic carbocycles. The molecule has 0 aliphatic carbocycles. The molecule has 2 atom stereocenters. The molecular formula is C15H27N3O2. The summed E-state index contributed by atoms with van der Waals surface area (Å²) in [5.74, 6) is 0.523. The molecule has 0 saturated carbocycles. The first-order valence-electron chi connectivity index (χ1n) is 7.60. The van der Waals surface area contributed by atoms with Gasteiger partial charge in [-0.15, -0.1) is 0 Å². The molecule has 2 heterocycles. The molecule has 1 aliphatic heterocycles. The van der Waals surface area contributed by atoms with E-state index in [1.165, 1.54) is 17.7 Å². The quantitative estimate of drug-likeness (QED) is 0.773. The van der Waals surface area contributed by atoms with E-state index < -0.39 is 0 Å². The number of aryl methyl sites for hydroxylation is 2. The zero-order valence-corrected chi connectivity index (χ0v) is 12.9. The average Bonchev–Trinajstić information content (AvgIpc) is 2.85. The summed E-state index contributed by atoms with van der Waals surface area (Å²) < 4.78 is 13.0. The van der Waals surface area contributed by atoms with Gasteiger partial charge in [0.25, 0.3) is 0 Å². The molecule has 1 fully saturated rings. The first-order valence-corrected chi connectivity index (χ1v) is 7.60. The van der Waals surface area contributed by atoms with Gasteiger partial charge >= 0.3 is 0 Å². The van der Waals surface area contributed by atoms with Crippen LogP contribution in [0, 0.1) is 5.92 Å². The summed E-state index contributed by atoms with van der Waals surface area (Å²) >= 11 is 0. The summed E-state index contributed by atoms with van der Waals surface area (Å²) in [7, 11) is 3.72. The third-order valence-corrected chi connectivity index (χ3v) is 3.91. The average molecular weight is 281 g/mol. The summed E-state index contributed by atoms with van der Waals surface area (Å²) in [6.45, 7) is 5.64. The highest BCUT2D eigenvalue weighted by molar-refractivity contribution is 5.21. The SMILES string of the molecule is CCc1nn(C)cc1C1OCCCC1CNCCOC. The van der Waals surface area contributed by atoms with Crippen molar-refractivity contribution in [3.05, 3.63) is 17.5 Å². The van der Waals surface area contributed by atoms with E-state index in [0.717, 1.165) is 39.1 Å². The van der Waals surface area contributed by atoms with Gasteiger partial charge in [0.2, 0.25) is 0 Å². The van der Waals surface area contributed by atoms with Crippen molar-refractivity contribution in [2.24, 2.45) is 13.0 Å². The lowest BCUT2D eigenvalue weighted by molar-refractivity contribution is -0.0285. The van der Waals surface area contributed by atoms with E-state index in [4.69, 9.17) is 9.47 Å². The second-order valence-corrected chi connectivity index (χ2v) is 5.45. The van der Waals surface area contributed by atoms with Gasteiger partial charge in [-0.2, -0.15) is 5.10 Å². The summed E-state index contributed by atoms with van der Waals surface area (Å²) in [6, 6.07) is 0. The Hall–Kier alpha value is -0.910. The van der Waals surface area contributed by atoms with Crippen LogP contribution in [0.2, 0.25) is 0 Å². The fraction of sp³-hybridized carbons (Fsp3) is 0.800. The van der Waals surface area contributed by atoms with Crippen molar-refractivity contribution in [2.45, 2.75) is 32.3 Å². The van der Waals surface area contributed by atoms with Crippen LogP contribution in [0.4, 0.5) is 0 Å². The van der Waals surface area contributed by atoms with Crippen LogP contribution in [0.15, 0.2) is 6.20 Å². The molecule has 0 spiro atoms. The zero-order chi connectivity index (χ0) is 14.4. The maximum Gasteiger partial charge on any atom is 0.0898 e. The number of rotatable bonds is 7. The molecule has 2 rings (SSSR count). The van der Waals surface area contributed by atoms with Crippen molar-refractivity contribution in [3.8, 4) is 0 Å². The van der Waals surface area contributed by atoms with Crippen molar-refractivity contribution in [3.63, 3.8) is 0 Å². The second-order valence-electron chi connectivity index (χ2n) is 5.45. The molecule has 5 heteroatoms. The van der Waals surface area contributed by atoms with Gasteiger partial charge in [0, 0.05) is 51.5 Å². The number of hydrogen-bond donors (Lipinski definition) is 1. The number of nitrogens with one attached hydrogen (secondary N) is 1. The van der Waals surface area contributed by atoms with Crippen molar-refractivity contribution < 1.29 is 9.47 Å². The van der Waals surface area contributed by atoms with Crippen LogP contribution >= 0.6 is 0 Å². The smallest absolute Gasteiger partial charge is 0.0898 e. The number of nitrogens with zero attached hydrogens (tertiary/aromatic N) is 2. The molecule has 114 valence electrons. The summed E-state index contributed by atoms with van der Waals surface area (Å²) in [4.78, 5) is 0. The molecule has 0 bridgehead atoms. The number of methoxy groups -OCH3 is 1. The van der Waals surface area contributed by atoms with Gasteiger partial charge < -0.3 is 14.8 Å². The lowest BCUT2D eigenvalue weighted by Gasteiger charge is -2.32. The van der Waals surface area contributed by atoms with Crippen LogP contribution < -0.4 is 5.32 Å². The Morgan fingerprint density at radius 3 is 3.15 bits per heavy atom. The van der Waals surface area contributed by atoms with E-state index in [2.05, 4.69) is 23.5 Å². The minimum atomic E-state index is 0.183. The summed E-state index contributed by atoms with van der Waals surface area (Å²) in [5.41, 5.74) is 2.44. The monoisotopic (exact) mass is 281 g/mol. The van der Waals surface area contributed by atoms with Gasteiger partial charge in [-0.05, 0) is 19.3 Å². The van der Waals surface area contributed by atoms with Crippen molar-refractivity contribution in [2.75, 3.05) is 33.4 Å². The maximum absolute atomic E-state index is 6.06. The number of hydrogen-bond acceptors (Lipinski definition) is 4. The van der Waals surface area contributed by atoms with E-state index >= 15 is 0 Å². The fourth-order valence-corrected chi connectivity index (χ4v) is 2.92. The van der Waals surface area contributed by atoms with Gasteiger partial charge in [-0.3, -0.25) is 4.68 Å². The van der Waals surface area contributed by atoms with Crippen molar-refractivity contribution in [1.29, 1.82) is 0 Å². The minimum absolute atomic E-state index is 0.183. The van der Waals surface area contributed by atoms with Crippen LogP contribution in [0.3, 0.4) is 0 Å². The molecule has 5 nitrogen and oxygen atoms in total. The third kappa shape index (κ3) is 3.81. The highest BCUT2D eigenvalue weighted by Gasteiger charge is 2.30. The lowest BCUT2D eigenvalue weighted by atomic mass is 9.89. The Kier molecular flexibility index (Phi) is 6.01. The van der Waals surface area contributed by atoms with Crippen LogP contribution in [0.5, 0.6) is 0 Å². The number of aromatic nitrogens is 2. The lowest BCUT2D eigenvalue weighted by Crippen LogP contribution is -2.33. The normalized spacial score (nSPS) is 23.1. The molecule has 0 radical (unpaired) electrons. The standard InChI is InChI=1S/C15H27N3O2/c1-4-14-13(11-18(2)17-14)15-12(6-5-8-20-15)10-16-7-9-19-3/h11-12,15-16H,4-10H2,1-3H3. The van der Waals surface area contributed by atoms with Crippen LogP contribution in [-0.2, 0) is 22.9 Å². The Labute approximate surface area is 121 Å². The molecule has 0 amide bonds. The highest BCUT2D eigenvalue weighted by Crippen LogP contribution is 2.34. The van der Waals surface area contributed by atoms with Crippen LogP contribution in [0.25, 0.3) is 0 Å². The van der Waals surface area contributed by atoms with Gasteiger partial charge in [-0.25, -0.2) is 0 Å². The van der Waals surface area contributed by atoms with Gasteiger partial charge in [-0.1, -0.05) is 6.92 Å². The van der Waals surface area contributed by atoms with E-state index in [1.807, 2.05) is 11.7 Å². The van der Waals surface area contributed by atoms with E-state index in [1.54, 1.807) is 7.11 Å². The zero-order valence-electron chi connectivity index (χ0n) is 12.9. The minimum Gasteiger partial charge on any atom is -0.383 e. The Balaban J connectivity index is 2.02. The molecule has 1 aliphatic rings. The topological polar surface area (TPSA) is 48.3 Å². The Morgan fingerprint density at radius 2 is 2.40 bits per heavy atom. The molecule has 2 unspecified atom stereocenters. The second kappa shape index (κ2) is 7.76. The van der Waals surface area contributed by atoms with Crippen molar-refractivity contribution >= 4 is 0 Å². The Bertz CT molecular complexity index is 406. The maximum atomic E-state index is 6.06. The first-order chi connectivity index (χ1) is 9.76. The van der Waals surface area contributed by atoms with Crippen molar-refractivity contribution in [1.82, 2.24) is 15.1 Å². The fourth-order valence-electron chi connectivity index (χ4n) is 2.92. The van der Waals surface area contributed by atoms with E-state index in [-0.39, 0.29) is 6.10 Å². The summed E-state index contributed by atoms with van der Waals surface area (Å²) in [5, 5.41) is 8.01. The highest BCUT2D eigenvalue weighted by atomic mass is 16.5. The molecule has 1 aromatic rings. The van der Waals surface area contributed by atoms with Gasteiger partial charge in [0.05, 0.1) is 18.4 Å². The number of ether oxygens (including phenoxy) is 2. The third-order valence-electron chi connectivity index (χ3n) is 3.91. The van der Waals surface area contributed by atoms with Crippen LogP contribution in [-0.4, -0.2) is 43.2 Å². The van der Waals surface area contributed by atoms with Crippen LogP contribution in [0.1, 0.15) is 37.1 Å². The summed E-state index contributed by atoms with van der Waals surface area (Å²) in [6.07, 6.45) is 5.62. The predicted octanol–water partition coefficient (Wildman–Crippen LogP) is 1.69. The van der Waals surface area contributed by atoms with Gasteiger partial charge in [0.15, 0.2) is 0 Å². The van der Waals surface area contributed by atoms with E-state index in [0.29, 0.717) is 5.92 Å². The van der Waals surface area contributed by atoms with E-state index in [9.17, 15) is 0 Å². The molecule has 1 aromatic heterocycles. The Morgan fingerprint density at radius 1 is 1.55 bits per heavy atom.